The first kappa shape index (κ1) is 10.8. The number of rotatable bonds is 3. The van der Waals surface area contributed by atoms with E-state index in [0.717, 1.165) is 5.69 Å². The summed E-state index contributed by atoms with van der Waals surface area (Å²) >= 11 is -1.58. The van der Waals surface area contributed by atoms with Crippen LogP contribution in [0.5, 0.6) is 5.88 Å². The summed E-state index contributed by atoms with van der Waals surface area (Å²) in [6.07, 6.45) is 3.34. The molecule has 2 aromatic rings. The monoisotopic (exact) mass is 238 g/mol. The molecular weight excluding hydrogens is 228 g/mol. The van der Waals surface area contributed by atoms with E-state index in [2.05, 4.69) is 13.7 Å². The highest BCUT2D eigenvalue weighted by molar-refractivity contribution is 7.14. The Hall–Kier alpha value is -1.73. The summed E-state index contributed by atoms with van der Waals surface area (Å²) in [6.45, 7) is 0. The minimum atomic E-state index is -1.58. The molecule has 0 radical (unpaired) electrons. The van der Waals surface area contributed by atoms with Crippen molar-refractivity contribution in [3.05, 3.63) is 24.5 Å². The van der Waals surface area contributed by atoms with Crippen molar-refractivity contribution in [1.82, 2.24) is 13.7 Å². The topological polar surface area (TPSA) is 74.2 Å². The third-order valence-electron chi connectivity index (χ3n) is 2.08. The predicted octanol–water partition coefficient (Wildman–Crippen LogP) is 1.38. The lowest BCUT2D eigenvalue weighted by atomic mass is 10.4. The lowest BCUT2D eigenvalue weighted by Crippen LogP contribution is -2.10. The van der Waals surface area contributed by atoms with Crippen molar-refractivity contribution in [2.45, 2.75) is 0 Å². The highest BCUT2D eigenvalue weighted by Crippen LogP contribution is 2.31. The fraction of sp³-hybridized carbons (Fsp3) is 0.222. The molecule has 0 saturated carbocycles. The largest absolute Gasteiger partial charge is 0.546 e. The maximum atomic E-state index is 11.2. The number of anilines is 2. The van der Waals surface area contributed by atoms with Crippen molar-refractivity contribution in [1.29, 1.82) is 0 Å². The van der Waals surface area contributed by atoms with E-state index < -0.39 is 11.1 Å². The second-order valence-corrected chi connectivity index (χ2v) is 3.84. The molecule has 0 aromatic carbocycles. The van der Waals surface area contributed by atoms with Gasteiger partial charge in [-0.3, -0.25) is 4.98 Å². The Bertz CT molecular complexity index is 474. The van der Waals surface area contributed by atoms with Gasteiger partial charge < -0.3 is 14.2 Å². The van der Waals surface area contributed by atoms with Gasteiger partial charge in [0.2, 0.25) is 0 Å². The summed E-state index contributed by atoms with van der Waals surface area (Å²) in [7, 11) is 3.27. The van der Waals surface area contributed by atoms with Crippen molar-refractivity contribution in [2.24, 2.45) is 0 Å². The van der Waals surface area contributed by atoms with Gasteiger partial charge in [-0.1, -0.05) is 0 Å². The van der Waals surface area contributed by atoms with Gasteiger partial charge >= 0.3 is 5.88 Å². The van der Waals surface area contributed by atoms with Gasteiger partial charge in [-0.2, -0.15) is 0 Å². The highest BCUT2D eigenvalue weighted by Gasteiger charge is 2.21. The molecule has 84 valence electrons. The molecule has 2 aromatic heterocycles. The molecule has 0 saturated heterocycles. The predicted molar refractivity (Wildman–Crippen MR) is 59.5 cm³/mol. The fourth-order valence-corrected chi connectivity index (χ4v) is 1.96. The van der Waals surface area contributed by atoms with Gasteiger partial charge in [-0.25, -0.2) is 0 Å². The van der Waals surface area contributed by atoms with Gasteiger partial charge in [-0.15, -0.1) is 0 Å². The van der Waals surface area contributed by atoms with E-state index in [0.29, 0.717) is 5.82 Å². The van der Waals surface area contributed by atoms with Gasteiger partial charge in [0.05, 0.1) is 7.11 Å². The van der Waals surface area contributed by atoms with Crippen LogP contribution in [0.4, 0.5) is 11.5 Å². The highest BCUT2D eigenvalue weighted by atomic mass is 32.2. The fourth-order valence-electron chi connectivity index (χ4n) is 1.27. The van der Waals surface area contributed by atoms with Crippen molar-refractivity contribution < 1.29 is 9.29 Å². The molecule has 0 N–H and O–H groups in total. The summed E-state index contributed by atoms with van der Waals surface area (Å²) in [5, 5.41) is 0. The number of methoxy groups -OCH3 is 1. The molecule has 0 bridgehead atoms. The Labute approximate surface area is 95.6 Å². The first-order chi connectivity index (χ1) is 7.72. The zero-order chi connectivity index (χ0) is 11.5. The molecular formula is C9H10N4O2S. The van der Waals surface area contributed by atoms with Crippen LogP contribution in [0.2, 0.25) is 0 Å². The molecule has 0 spiro atoms. The second kappa shape index (κ2) is 4.42. The van der Waals surface area contributed by atoms with Crippen molar-refractivity contribution in [3.63, 3.8) is 0 Å². The van der Waals surface area contributed by atoms with Gasteiger partial charge in [-0.05, 0) is 12.1 Å². The molecule has 7 heteroatoms. The standard InChI is InChI=1S/C9H10N4O2S/c1-13(7-3-5-10-6-4-7)8-9(15-2)12-16(14)11-8/h3-6H,1-2H3. The summed E-state index contributed by atoms with van der Waals surface area (Å²) in [6, 6.07) is 3.63. The molecule has 2 heterocycles. The molecule has 0 aliphatic carbocycles. The van der Waals surface area contributed by atoms with E-state index in [1.54, 1.807) is 24.3 Å². The quantitative estimate of drug-likeness (QED) is 0.752. The minimum Gasteiger partial charge on any atom is -0.546 e. The third-order valence-corrected chi connectivity index (χ3v) is 2.73. The van der Waals surface area contributed by atoms with Crippen LogP contribution in [0.1, 0.15) is 0 Å². The molecule has 2 rings (SSSR count). The molecule has 0 aliphatic rings. The zero-order valence-electron chi connectivity index (χ0n) is 8.82. The van der Waals surface area contributed by atoms with E-state index in [-0.39, 0.29) is 5.88 Å². The van der Waals surface area contributed by atoms with Crippen LogP contribution in [0, 0.1) is 0 Å². The lowest BCUT2D eigenvalue weighted by molar-refractivity contribution is 0.402. The summed E-state index contributed by atoms with van der Waals surface area (Å²) in [5.41, 5.74) is 0.873. The molecule has 0 aliphatic heterocycles. The van der Waals surface area contributed by atoms with Crippen LogP contribution in [0.3, 0.4) is 0 Å². The number of aromatic nitrogens is 3. The van der Waals surface area contributed by atoms with Crippen molar-refractivity contribution in [2.75, 3.05) is 19.1 Å². The second-order valence-electron chi connectivity index (χ2n) is 3.01. The van der Waals surface area contributed by atoms with E-state index in [1.165, 1.54) is 7.11 Å². The molecule has 1 atom stereocenters. The summed E-state index contributed by atoms with van der Waals surface area (Å²) < 4.78 is 23.8. The maximum Gasteiger partial charge on any atom is 0.318 e. The zero-order valence-corrected chi connectivity index (χ0v) is 9.64. The van der Waals surface area contributed by atoms with Crippen LogP contribution in [-0.2, 0) is 0 Å². The summed E-state index contributed by atoms with van der Waals surface area (Å²) in [5.74, 6) is 0.727. The normalized spacial score (nSPS) is 11.3. The van der Waals surface area contributed by atoms with E-state index in [4.69, 9.17) is 4.74 Å². The average molecular weight is 238 g/mol. The number of nitrogens with zero attached hydrogens (tertiary/aromatic N) is 4. The number of hydrogen-bond acceptors (Lipinski definition) is 6. The van der Waals surface area contributed by atoms with Crippen molar-refractivity contribution >= 4 is 22.6 Å². The van der Waals surface area contributed by atoms with Crippen LogP contribution < -0.4 is 9.64 Å². The molecule has 6 nitrogen and oxygen atoms in total. The van der Waals surface area contributed by atoms with Crippen LogP contribution in [0.15, 0.2) is 24.5 Å². The van der Waals surface area contributed by atoms with Gasteiger partial charge in [0, 0.05) is 33.9 Å². The maximum absolute atomic E-state index is 11.2. The van der Waals surface area contributed by atoms with Crippen LogP contribution >= 0.6 is 11.1 Å². The first-order valence-electron chi connectivity index (χ1n) is 4.50. The van der Waals surface area contributed by atoms with E-state index in [9.17, 15) is 4.55 Å². The van der Waals surface area contributed by atoms with Gasteiger partial charge in [0.15, 0.2) is 11.1 Å². The van der Waals surface area contributed by atoms with E-state index in [1.807, 2.05) is 12.1 Å². The Morgan fingerprint density at radius 3 is 2.62 bits per heavy atom. The Kier molecular flexibility index (Phi) is 2.97. The smallest absolute Gasteiger partial charge is 0.318 e. The molecule has 0 fully saturated rings. The average Bonchev–Trinajstić information content (AvgIpc) is 2.70. The summed E-state index contributed by atoms with van der Waals surface area (Å²) in [4.78, 5) is 5.67. The third kappa shape index (κ3) is 1.95. The number of hydrogen-bond donors (Lipinski definition) is 0. The number of ether oxygens (including phenoxy) is 1. The van der Waals surface area contributed by atoms with Crippen molar-refractivity contribution in [3.8, 4) is 5.88 Å². The first-order valence-corrected chi connectivity index (χ1v) is 5.56. The van der Waals surface area contributed by atoms with Crippen LogP contribution in [-0.4, -0.2) is 32.4 Å². The van der Waals surface area contributed by atoms with Gasteiger partial charge in [0.25, 0.3) is 5.82 Å². The Morgan fingerprint density at radius 2 is 2.00 bits per heavy atom. The Morgan fingerprint density at radius 1 is 1.31 bits per heavy atom. The number of pyridine rings is 1. The molecule has 1 unspecified atom stereocenters. The van der Waals surface area contributed by atoms with Gasteiger partial charge in [0.1, 0.15) is 0 Å². The van der Waals surface area contributed by atoms with Crippen LogP contribution in [0.25, 0.3) is 0 Å². The lowest BCUT2D eigenvalue weighted by Gasteiger charge is -2.14. The molecule has 0 amide bonds. The molecule has 16 heavy (non-hydrogen) atoms. The minimum absolute atomic E-state index is 0.276. The SMILES string of the molecule is COc1n[s+]([O-])nc1N(C)c1ccncc1. The Balaban J connectivity index is 2.37. The van der Waals surface area contributed by atoms with E-state index >= 15 is 0 Å².